The van der Waals surface area contributed by atoms with Gasteiger partial charge in [0.1, 0.15) is 0 Å². The Morgan fingerprint density at radius 1 is 1.21 bits per heavy atom. The van der Waals surface area contributed by atoms with Gasteiger partial charge in [-0.15, -0.1) is 11.3 Å². The highest BCUT2D eigenvalue weighted by molar-refractivity contribution is 7.07. The number of rotatable bonds is 3. The molecule has 0 radical (unpaired) electrons. The van der Waals surface area contributed by atoms with Gasteiger partial charge in [-0.2, -0.15) is 0 Å². The van der Waals surface area contributed by atoms with Crippen molar-refractivity contribution in [2.75, 3.05) is 26.2 Å². The van der Waals surface area contributed by atoms with Crippen LogP contribution >= 0.6 is 11.3 Å². The van der Waals surface area contributed by atoms with Gasteiger partial charge in [0.15, 0.2) is 0 Å². The van der Waals surface area contributed by atoms with Gasteiger partial charge in [-0.1, -0.05) is 12.8 Å². The van der Waals surface area contributed by atoms with Crippen molar-refractivity contribution in [3.63, 3.8) is 0 Å². The SMILES string of the molecule is O[C@H]1CCCC[C@@H]1N1CCN(Cc2cscn2)CC1. The van der Waals surface area contributed by atoms with Crippen LogP contribution in [0.1, 0.15) is 31.4 Å². The minimum atomic E-state index is -0.0983. The molecular formula is C14H23N3OS. The van der Waals surface area contributed by atoms with Gasteiger partial charge in [0.25, 0.3) is 0 Å². The summed E-state index contributed by atoms with van der Waals surface area (Å²) in [5, 5.41) is 12.3. The molecular weight excluding hydrogens is 258 g/mol. The second-order valence-corrected chi connectivity index (χ2v) is 6.43. The highest BCUT2D eigenvalue weighted by Gasteiger charge is 2.30. The van der Waals surface area contributed by atoms with Gasteiger partial charge >= 0.3 is 0 Å². The molecule has 1 aromatic rings. The Balaban J connectivity index is 1.49. The lowest BCUT2D eigenvalue weighted by molar-refractivity contribution is -0.00486. The van der Waals surface area contributed by atoms with Gasteiger partial charge in [0.2, 0.25) is 0 Å². The van der Waals surface area contributed by atoms with E-state index in [0.29, 0.717) is 6.04 Å². The average molecular weight is 281 g/mol. The molecule has 5 heteroatoms. The van der Waals surface area contributed by atoms with E-state index in [4.69, 9.17) is 0 Å². The smallest absolute Gasteiger partial charge is 0.0795 e. The number of aliphatic hydroxyl groups is 1. The van der Waals surface area contributed by atoms with Crippen molar-refractivity contribution in [1.29, 1.82) is 0 Å². The van der Waals surface area contributed by atoms with Crippen molar-refractivity contribution in [2.45, 2.75) is 44.4 Å². The Hall–Kier alpha value is -0.490. The first-order chi connectivity index (χ1) is 9.33. The Bertz CT molecular complexity index is 376. The van der Waals surface area contributed by atoms with Crippen molar-refractivity contribution < 1.29 is 5.11 Å². The number of thiazole rings is 1. The van der Waals surface area contributed by atoms with E-state index in [0.717, 1.165) is 39.1 Å². The average Bonchev–Trinajstić information content (AvgIpc) is 2.93. The van der Waals surface area contributed by atoms with Gasteiger partial charge < -0.3 is 5.11 Å². The first kappa shape index (κ1) is 13.5. The molecule has 1 aliphatic carbocycles. The van der Waals surface area contributed by atoms with Crippen LogP contribution < -0.4 is 0 Å². The van der Waals surface area contributed by atoms with Crippen LogP contribution in [0.3, 0.4) is 0 Å². The highest BCUT2D eigenvalue weighted by atomic mass is 32.1. The predicted molar refractivity (Wildman–Crippen MR) is 77.2 cm³/mol. The molecule has 106 valence electrons. The maximum absolute atomic E-state index is 10.1. The van der Waals surface area contributed by atoms with Crippen LogP contribution in [-0.4, -0.2) is 58.2 Å². The molecule has 0 amide bonds. The molecule has 2 aliphatic rings. The van der Waals surface area contributed by atoms with Crippen LogP contribution in [0.4, 0.5) is 0 Å². The Morgan fingerprint density at radius 3 is 2.68 bits per heavy atom. The summed E-state index contributed by atoms with van der Waals surface area (Å²) < 4.78 is 0. The van der Waals surface area contributed by atoms with Crippen LogP contribution in [-0.2, 0) is 6.54 Å². The monoisotopic (exact) mass is 281 g/mol. The second-order valence-electron chi connectivity index (χ2n) is 5.71. The zero-order valence-electron chi connectivity index (χ0n) is 11.4. The first-order valence-electron chi connectivity index (χ1n) is 7.34. The fraction of sp³-hybridized carbons (Fsp3) is 0.786. The topological polar surface area (TPSA) is 39.6 Å². The third kappa shape index (κ3) is 3.34. The molecule has 0 unspecified atom stereocenters. The minimum Gasteiger partial charge on any atom is -0.391 e. The van der Waals surface area contributed by atoms with E-state index in [1.807, 2.05) is 5.51 Å². The quantitative estimate of drug-likeness (QED) is 0.913. The van der Waals surface area contributed by atoms with E-state index in [-0.39, 0.29) is 6.10 Å². The number of aliphatic hydroxyl groups excluding tert-OH is 1. The van der Waals surface area contributed by atoms with Gasteiger partial charge in [-0.05, 0) is 12.8 Å². The van der Waals surface area contributed by atoms with Crippen LogP contribution in [0.25, 0.3) is 0 Å². The summed E-state index contributed by atoms with van der Waals surface area (Å²) in [7, 11) is 0. The van der Waals surface area contributed by atoms with Crippen molar-refractivity contribution in [3.8, 4) is 0 Å². The predicted octanol–water partition coefficient (Wildman–Crippen LogP) is 1.56. The van der Waals surface area contributed by atoms with E-state index in [2.05, 4.69) is 20.2 Å². The van der Waals surface area contributed by atoms with Gasteiger partial charge in [0.05, 0.1) is 17.3 Å². The molecule has 1 saturated heterocycles. The lowest BCUT2D eigenvalue weighted by Gasteiger charge is -2.42. The summed E-state index contributed by atoms with van der Waals surface area (Å²) in [4.78, 5) is 9.33. The zero-order chi connectivity index (χ0) is 13.1. The maximum atomic E-state index is 10.1. The largest absolute Gasteiger partial charge is 0.391 e. The number of nitrogens with zero attached hydrogens (tertiary/aromatic N) is 3. The van der Waals surface area contributed by atoms with E-state index in [9.17, 15) is 5.11 Å². The fourth-order valence-electron chi connectivity index (χ4n) is 3.32. The van der Waals surface area contributed by atoms with Gasteiger partial charge in [-0.3, -0.25) is 9.80 Å². The molecule has 0 aromatic carbocycles. The Morgan fingerprint density at radius 2 is 2.00 bits per heavy atom. The Kier molecular flexibility index (Phi) is 4.48. The van der Waals surface area contributed by atoms with E-state index < -0.39 is 0 Å². The number of aromatic nitrogens is 1. The third-order valence-electron chi connectivity index (χ3n) is 4.44. The minimum absolute atomic E-state index is 0.0983. The molecule has 2 heterocycles. The number of piperazine rings is 1. The van der Waals surface area contributed by atoms with E-state index in [1.165, 1.54) is 25.0 Å². The van der Waals surface area contributed by atoms with Gasteiger partial charge in [-0.25, -0.2) is 4.98 Å². The molecule has 2 fully saturated rings. The normalized spacial score (nSPS) is 30.6. The zero-order valence-corrected chi connectivity index (χ0v) is 12.2. The van der Waals surface area contributed by atoms with Crippen molar-refractivity contribution in [1.82, 2.24) is 14.8 Å². The first-order valence-corrected chi connectivity index (χ1v) is 8.29. The summed E-state index contributed by atoms with van der Waals surface area (Å²) >= 11 is 1.67. The summed E-state index contributed by atoms with van der Waals surface area (Å²) in [5.74, 6) is 0. The van der Waals surface area contributed by atoms with E-state index in [1.54, 1.807) is 11.3 Å². The lowest BCUT2D eigenvalue weighted by atomic mass is 9.91. The van der Waals surface area contributed by atoms with Crippen molar-refractivity contribution in [2.24, 2.45) is 0 Å². The fourth-order valence-corrected chi connectivity index (χ4v) is 3.87. The van der Waals surface area contributed by atoms with Gasteiger partial charge in [0, 0.05) is 44.1 Å². The number of hydrogen-bond acceptors (Lipinski definition) is 5. The summed E-state index contributed by atoms with van der Waals surface area (Å²) in [6.45, 7) is 5.35. The molecule has 4 nitrogen and oxygen atoms in total. The van der Waals surface area contributed by atoms with Crippen LogP contribution in [0.2, 0.25) is 0 Å². The molecule has 0 bridgehead atoms. The molecule has 1 aliphatic heterocycles. The second kappa shape index (κ2) is 6.31. The molecule has 1 N–H and O–H groups in total. The maximum Gasteiger partial charge on any atom is 0.0795 e. The summed E-state index contributed by atoms with van der Waals surface area (Å²) in [6, 6.07) is 0.412. The van der Waals surface area contributed by atoms with Crippen molar-refractivity contribution in [3.05, 3.63) is 16.6 Å². The molecule has 19 heavy (non-hydrogen) atoms. The molecule has 2 atom stereocenters. The molecule has 0 spiro atoms. The number of hydrogen-bond donors (Lipinski definition) is 1. The van der Waals surface area contributed by atoms with Crippen molar-refractivity contribution >= 4 is 11.3 Å². The van der Waals surface area contributed by atoms with Crippen LogP contribution in [0.5, 0.6) is 0 Å². The Labute approximate surface area is 119 Å². The lowest BCUT2D eigenvalue weighted by Crippen LogP contribution is -2.54. The highest BCUT2D eigenvalue weighted by Crippen LogP contribution is 2.24. The molecule has 1 aromatic heterocycles. The molecule has 3 rings (SSSR count). The summed E-state index contributed by atoms with van der Waals surface area (Å²) in [5.41, 5.74) is 3.10. The standard InChI is InChI=1S/C14H23N3OS/c18-14-4-2-1-3-13(14)17-7-5-16(6-8-17)9-12-10-19-11-15-12/h10-11,13-14,18H,1-9H2/t13-,14-/m0/s1. The summed E-state index contributed by atoms with van der Waals surface area (Å²) in [6.07, 6.45) is 4.54. The van der Waals surface area contributed by atoms with Crippen LogP contribution in [0, 0.1) is 0 Å². The van der Waals surface area contributed by atoms with E-state index >= 15 is 0 Å². The third-order valence-corrected chi connectivity index (χ3v) is 5.07. The van der Waals surface area contributed by atoms with Crippen LogP contribution in [0.15, 0.2) is 10.9 Å². The molecule has 1 saturated carbocycles.